The van der Waals surface area contributed by atoms with Gasteiger partial charge in [-0.1, -0.05) is 73.9 Å². The maximum Gasteiger partial charge on any atom is 1.00 e. The molecule has 1 heterocycles. The van der Waals surface area contributed by atoms with Crippen LogP contribution in [0.5, 0.6) is 0 Å². The van der Waals surface area contributed by atoms with E-state index in [0.29, 0.717) is 23.6 Å². The summed E-state index contributed by atoms with van der Waals surface area (Å²) in [7, 11) is 0. The summed E-state index contributed by atoms with van der Waals surface area (Å²) in [6.45, 7) is -0.0776. The minimum atomic E-state index is -2.62. The largest absolute Gasteiger partial charge is 1.00 e. The normalized spacial score (nSPS) is 14.5. The van der Waals surface area contributed by atoms with Crippen LogP contribution in [0.15, 0.2) is 108 Å². The van der Waals surface area contributed by atoms with Crippen LogP contribution in [-0.4, -0.2) is 33.7 Å². The standard InChI is InChI=1S/C38H38N2O6S.Na.H/c41-37(39-22-23-45-47(43)44)31-12-10-26(11-13-31)24-34(29-16-14-28(15-17-29)27-6-2-1-3-7-27)38(42)40-33-20-18-30(19-21-33)36-25-32-8-4-5-9-35(32)46-36;;/h4-5,8-21,25,27,34H,1-3,6-7,22-24H2,(H,39,41)(H,40,42)(H,43,44);;/q;+1;-1/p-1. The van der Waals surface area contributed by atoms with Crippen LogP contribution in [0, 0.1) is 0 Å². The van der Waals surface area contributed by atoms with E-state index in [1.807, 2.05) is 66.7 Å². The second-order valence-corrected chi connectivity index (χ2v) is 12.6. The Labute approximate surface area is 306 Å². The molecule has 2 unspecified atom stereocenters. The molecule has 1 aromatic heterocycles. The van der Waals surface area contributed by atoms with Gasteiger partial charge in [0.15, 0.2) is 0 Å². The molecular formula is C38H38N2NaO6S-. The molecular weight excluding hydrogens is 635 g/mol. The first kappa shape index (κ1) is 35.7. The van der Waals surface area contributed by atoms with Crippen LogP contribution in [0.3, 0.4) is 0 Å². The van der Waals surface area contributed by atoms with Gasteiger partial charge in [0, 0.05) is 28.7 Å². The Hall–Kier alpha value is -3.57. The molecule has 2 amide bonds. The molecule has 1 aliphatic carbocycles. The van der Waals surface area contributed by atoms with Crippen molar-refractivity contribution < 1.29 is 57.9 Å². The maximum atomic E-state index is 13.9. The predicted octanol–water partition coefficient (Wildman–Crippen LogP) is 4.77. The van der Waals surface area contributed by atoms with Gasteiger partial charge in [0.1, 0.15) is 11.3 Å². The van der Waals surface area contributed by atoms with Crippen LogP contribution in [-0.2, 0) is 26.8 Å². The first-order valence-electron chi connectivity index (χ1n) is 16.0. The van der Waals surface area contributed by atoms with Gasteiger partial charge in [-0.25, -0.2) is 4.21 Å². The van der Waals surface area contributed by atoms with Gasteiger partial charge >= 0.3 is 29.6 Å². The molecule has 6 rings (SSSR count). The molecule has 0 saturated heterocycles. The monoisotopic (exact) mass is 673 g/mol. The first-order chi connectivity index (χ1) is 22.9. The van der Waals surface area contributed by atoms with E-state index < -0.39 is 17.3 Å². The Bertz CT molecular complexity index is 1810. The molecule has 10 heteroatoms. The Morgan fingerprint density at radius 3 is 2.31 bits per heavy atom. The van der Waals surface area contributed by atoms with Crippen molar-refractivity contribution in [2.24, 2.45) is 0 Å². The molecule has 0 aliphatic heterocycles. The van der Waals surface area contributed by atoms with E-state index in [1.165, 1.54) is 37.7 Å². The Balaban J connectivity index is 0.00000270. The minimum Gasteiger partial charge on any atom is -1.00 e. The van der Waals surface area contributed by atoms with Crippen molar-refractivity contribution in [2.75, 3.05) is 18.5 Å². The van der Waals surface area contributed by atoms with Crippen molar-refractivity contribution in [3.8, 4) is 11.3 Å². The molecule has 1 fully saturated rings. The summed E-state index contributed by atoms with van der Waals surface area (Å²) in [4.78, 5) is 26.4. The van der Waals surface area contributed by atoms with Gasteiger partial charge in [-0.2, -0.15) is 0 Å². The number of amides is 2. The molecule has 8 nitrogen and oxygen atoms in total. The van der Waals surface area contributed by atoms with E-state index in [1.54, 1.807) is 12.1 Å². The van der Waals surface area contributed by atoms with Crippen molar-refractivity contribution in [3.63, 3.8) is 0 Å². The zero-order chi connectivity index (χ0) is 32.6. The molecule has 0 radical (unpaired) electrons. The van der Waals surface area contributed by atoms with Crippen LogP contribution < -0.4 is 40.2 Å². The average Bonchev–Trinajstić information content (AvgIpc) is 3.54. The third-order valence-corrected chi connectivity index (χ3v) is 9.18. The zero-order valence-corrected chi connectivity index (χ0v) is 29.8. The van der Waals surface area contributed by atoms with E-state index in [4.69, 9.17) is 4.42 Å². The van der Waals surface area contributed by atoms with Gasteiger partial charge in [-0.3, -0.25) is 13.8 Å². The van der Waals surface area contributed by atoms with Gasteiger partial charge < -0.3 is 21.0 Å². The number of hydrogen-bond acceptors (Lipinski definition) is 6. The summed E-state index contributed by atoms with van der Waals surface area (Å²) in [5.41, 5.74) is 6.04. The number of anilines is 1. The van der Waals surface area contributed by atoms with Crippen molar-refractivity contribution >= 4 is 39.8 Å². The second kappa shape index (κ2) is 17.2. The van der Waals surface area contributed by atoms with E-state index in [-0.39, 0.29) is 55.9 Å². The van der Waals surface area contributed by atoms with Crippen LogP contribution in [0.4, 0.5) is 5.69 Å². The maximum absolute atomic E-state index is 13.9. The summed E-state index contributed by atoms with van der Waals surface area (Å²) in [5, 5.41) is 6.79. The molecule has 1 saturated carbocycles. The number of carbonyl (C=O) groups is 2. The first-order valence-corrected chi connectivity index (χ1v) is 17.0. The molecule has 2 atom stereocenters. The Kier molecular flexibility index (Phi) is 12.8. The van der Waals surface area contributed by atoms with Gasteiger partial charge in [0.2, 0.25) is 5.91 Å². The summed E-state index contributed by atoms with van der Waals surface area (Å²) >= 11 is -2.62. The van der Waals surface area contributed by atoms with Crippen molar-refractivity contribution in [3.05, 3.63) is 125 Å². The quantitative estimate of drug-likeness (QED) is 0.112. The summed E-state index contributed by atoms with van der Waals surface area (Å²) in [5.74, 6) is 0.419. The number of furan rings is 1. The zero-order valence-electron chi connectivity index (χ0n) is 28.0. The molecule has 48 heavy (non-hydrogen) atoms. The number of para-hydroxylation sites is 1. The van der Waals surface area contributed by atoms with Crippen LogP contribution in [0.25, 0.3) is 22.3 Å². The minimum absolute atomic E-state index is 0. The van der Waals surface area contributed by atoms with Crippen molar-refractivity contribution in [1.29, 1.82) is 0 Å². The molecule has 4 aromatic carbocycles. The van der Waals surface area contributed by atoms with Gasteiger partial charge in [0.25, 0.3) is 5.91 Å². The topological polar surface area (TPSA) is 121 Å². The van der Waals surface area contributed by atoms with Gasteiger partial charge in [0.05, 0.1) is 23.9 Å². The fourth-order valence-electron chi connectivity index (χ4n) is 6.27. The molecule has 5 aromatic rings. The smallest absolute Gasteiger partial charge is 1.00 e. The summed E-state index contributed by atoms with van der Waals surface area (Å²) in [6, 6.07) is 33.2. The third kappa shape index (κ3) is 9.31. The van der Waals surface area contributed by atoms with E-state index in [2.05, 4.69) is 39.1 Å². The molecule has 0 bridgehead atoms. The number of nitrogens with one attached hydrogen (secondary N) is 2. The SMILES string of the molecule is O=C(NCCOS(=O)[O-])c1ccc(CC(C(=O)Nc2ccc(-c3cc4ccccc4o3)cc2)c2ccc(C3CCCCC3)cc2)cc1.[H-].[Na+]. The number of carbonyl (C=O) groups excluding carboxylic acids is 2. The number of fused-ring (bicyclic) bond motifs is 1. The molecule has 0 spiro atoms. The van der Waals surface area contributed by atoms with Gasteiger partial charge in [-0.05, 0) is 90.4 Å². The number of rotatable bonds is 12. The second-order valence-electron chi connectivity index (χ2n) is 12.0. The van der Waals surface area contributed by atoms with E-state index in [9.17, 15) is 18.4 Å². The Morgan fingerprint density at radius 2 is 1.62 bits per heavy atom. The fourth-order valence-corrected chi connectivity index (χ4v) is 6.49. The third-order valence-electron chi connectivity index (χ3n) is 8.82. The van der Waals surface area contributed by atoms with E-state index >= 15 is 0 Å². The number of benzene rings is 4. The van der Waals surface area contributed by atoms with Crippen molar-refractivity contribution in [1.82, 2.24) is 5.32 Å². The van der Waals surface area contributed by atoms with Crippen LogP contribution in [0.1, 0.15) is 72.4 Å². The summed E-state index contributed by atoms with van der Waals surface area (Å²) < 4.78 is 31.5. The molecule has 244 valence electrons. The summed E-state index contributed by atoms with van der Waals surface area (Å²) in [6.07, 6.45) is 6.67. The molecule has 2 N–H and O–H groups in total. The Morgan fingerprint density at radius 1 is 0.917 bits per heavy atom. The van der Waals surface area contributed by atoms with E-state index in [0.717, 1.165) is 33.4 Å². The van der Waals surface area contributed by atoms with Crippen LogP contribution >= 0.6 is 0 Å². The predicted molar refractivity (Wildman–Crippen MR) is 184 cm³/mol. The van der Waals surface area contributed by atoms with Gasteiger partial charge in [-0.15, -0.1) is 0 Å². The molecule has 1 aliphatic rings. The average molecular weight is 674 g/mol. The van der Waals surface area contributed by atoms with Crippen LogP contribution in [0.2, 0.25) is 0 Å². The fraction of sp³-hybridized carbons (Fsp3) is 0.263. The number of hydrogen-bond donors (Lipinski definition) is 2. The van der Waals surface area contributed by atoms with Crippen molar-refractivity contribution in [2.45, 2.75) is 50.4 Å².